The zero-order chi connectivity index (χ0) is 18.2. The third-order valence-electron chi connectivity index (χ3n) is 4.46. The number of phenolic OH excluding ortho intramolecular Hbond substituents is 1. The van der Waals surface area contributed by atoms with Crippen LogP contribution >= 0.6 is 0 Å². The summed E-state index contributed by atoms with van der Waals surface area (Å²) in [7, 11) is 2.01. The van der Waals surface area contributed by atoms with Gasteiger partial charge in [-0.05, 0) is 44.1 Å². The molecular formula is C17H18F3N3O2. The topological polar surface area (TPSA) is 58.4 Å². The van der Waals surface area contributed by atoms with E-state index < -0.39 is 17.5 Å². The first-order chi connectivity index (χ1) is 11.8. The van der Waals surface area contributed by atoms with E-state index in [-0.39, 0.29) is 16.7 Å². The summed E-state index contributed by atoms with van der Waals surface area (Å²) in [5, 5.41) is 9.96. The molecule has 1 aromatic carbocycles. The third kappa shape index (κ3) is 3.68. The number of rotatable bonds is 3. The van der Waals surface area contributed by atoms with Gasteiger partial charge in [-0.3, -0.25) is 9.36 Å². The summed E-state index contributed by atoms with van der Waals surface area (Å²) in [6, 6.07) is 2.57. The zero-order valence-corrected chi connectivity index (χ0v) is 13.6. The van der Waals surface area contributed by atoms with E-state index in [2.05, 4.69) is 9.88 Å². The van der Waals surface area contributed by atoms with E-state index in [4.69, 9.17) is 0 Å². The predicted octanol–water partition coefficient (Wildman–Crippen LogP) is 2.59. The van der Waals surface area contributed by atoms with Gasteiger partial charge < -0.3 is 10.0 Å². The lowest BCUT2D eigenvalue weighted by molar-refractivity contribution is -0.137. The molecule has 1 fully saturated rings. The Hall–Kier alpha value is -2.35. The number of nitrogens with zero attached hydrogens (tertiary/aromatic N) is 3. The van der Waals surface area contributed by atoms with E-state index in [1.54, 1.807) is 0 Å². The van der Waals surface area contributed by atoms with E-state index >= 15 is 0 Å². The lowest BCUT2D eigenvalue weighted by Gasteiger charge is -2.14. The average molecular weight is 353 g/mol. The Morgan fingerprint density at radius 3 is 2.68 bits per heavy atom. The number of likely N-dealkylation sites (tertiary alicyclic amines) is 1. The maximum atomic E-state index is 12.7. The number of aromatic nitrogens is 2. The van der Waals surface area contributed by atoms with Gasteiger partial charge in [0.1, 0.15) is 5.75 Å². The van der Waals surface area contributed by atoms with E-state index in [1.807, 2.05) is 7.05 Å². The molecule has 1 aliphatic rings. The molecule has 3 rings (SSSR count). The fourth-order valence-corrected chi connectivity index (χ4v) is 3.15. The van der Waals surface area contributed by atoms with Crippen LogP contribution in [0.25, 0.3) is 11.1 Å². The smallest absolute Gasteiger partial charge is 0.416 e. The molecule has 1 aromatic heterocycles. The molecule has 2 aromatic rings. The van der Waals surface area contributed by atoms with Crippen LogP contribution in [-0.2, 0) is 12.7 Å². The second-order valence-electron chi connectivity index (χ2n) is 6.41. The van der Waals surface area contributed by atoms with Gasteiger partial charge in [-0.25, -0.2) is 4.98 Å². The molecule has 5 nitrogen and oxygen atoms in total. The molecule has 1 unspecified atom stereocenters. The van der Waals surface area contributed by atoms with Gasteiger partial charge in [0.15, 0.2) is 0 Å². The van der Waals surface area contributed by atoms with Crippen molar-refractivity contribution in [2.24, 2.45) is 5.92 Å². The zero-order valence-electron chi connectivity index (χ0n) is 13.6. The summed E-state index contributed by atoms with van der Waals surface area (Å²) in [5.41, 5.74) is -1.21. The van der Waals surface area contributed by atoms with Crippen LogP contribution in [0.5, 0.6) is 5.75 Å². The Bertz CT molecular complexity index is 833. The van der Waals surface area contributed by atoms with Crippen molar-refractivity contribution in [3.8, 4) is 16.9 Å². The second kappa shape index (κ2) is 6.51. The van der Waals surface area contributed by atoms with Gasteiger partial charge in [-0.1, -0.05) is 0 Å². The molecule has 0 amide bonds. The van der Waals surface area contributed by atoms with Crippen LogP contribution in [0.15, 0.2) is 35.5 Å². The van der Waals surface area contributed by atoms with Crippen molar-refractivity contribution in [2.75, 3.05) is 20.1 Å². The largest absolute Gasteiger partial charge is 0.507 e. The Morgan fingerprint density at radius 1 is 1.32 bits per heavy atom. The first-order valence-electron chi connectivity index (χ1n) is 7.89. The van der Waals surface area contributed by atoms with Crippen LogP contribution in [0, 0.1) is 5.92 Å². The van der Waals surface area contributed by atoms with E-state index in [9.17, 15) is 23.1 Å². The number of phenols is 1. The van der Waals surface area contributed by atoms with Crippen molar-refractivity contribution in [2.45, 2.75) is 19.1 Å². The SMILES string of the molecule is CN1CCC(Cn2cncc(-c3ccc(C(F)(F)F)cc3O)c2=O)C1. The van der Waals surface area contributed by atoms with Crippen molar-refractivity contribution in [1.29, 1.82) is 0 Å². The first-order valence-corrected chi connectivity index (χ1v) is 7.89. The van der Waals surface area contributed by atoms with Crippen LogP contribution in [0.2, 0.25) is 0 Å². The van der Waals surface area contributed by atoms with Gasteiger partial charge in [0, 0.05) is 24.8 Å². The Morgan fingerprint density at radius 2 is 2.08 bits per heavy atom. The fourth-order valence-electron chi connectivity index (χ4n) is 3.15. The number of aromatic hydroxyl groups is 1. The lowest BCUT2D eigenvalue weighted by Crippen LogP contribution is -2.26. The van der Waals surface area contributed by atoms with Crippen molar-refractivity contribution in [3.05, 3.63) is 46.6 Å². The van der Waals surface area contributed by atoms with Gasteiger partial charge in [-0.15, -0.1) is 0 Å². The highest BCUT2D eigenvalue weighted by Gasteiger charge is 2.31. The molecule has 0 saturated carbocycles. The van der Waals surface area contributed by atoms with Gasteiger partial charge in [0.25, 0.3) is 5.56 Å². The number of halogens is 3. The number of alkyl halides is 3. The van der Waals surface area contributed by atoms with Crippen LogP contribution in [0.1, 0.15) is 12.0 Å². The van der Waals surface area contributed by atoms with Crippen molar-refractivity contribution in [3.63, 3.8) is 0 Å². The van der Waals surface area contributed by atoms with Crippen molar-refractivity contribution >= 4 is 0 Å². The van der Waals surface area contributed by atoms with Gasteiger partial charge in [0.05, 0.1) is 17.5 Å². The average Bonchev–Trinajstić information content (AvgIpc) is 2.94. The van der Waals surface area contributed by atoms with E-state index in [0.29, 0.717) is 18.5 Å². The normalized spacial score (nSPS) is 18.6. The fraction of sp³-hybridized carbons (Fsp3) is 0.412. The molecule has 1 saturated heterocycles. The lowest BCUT2D eigenvalue weighted by atomic mass is 10.0. The molecule has 25 heavy (non-hydrogen) atoms. The minimum atomic E-state index is -4.56. The monoisotopic (exact) mass is 353 g/mol. The minimum absolute atomic E-state index is 0.0448. The summed E-state index contributed by atoms with van der Waals surface area (Å²) in [6.07, 6.45) is -0.897. The number of benzene rings is 1. The summed E-state index contributed by atoms with van der Waals surface area (Å²) in [5.74, 6) is -0.270. The Balaban J connectivity index is 1.93. The molecular weight excluding hydrogens is 335 g/mol. The maximum absolute atomic E-state index is 12.7. The van der Waals surface area contributed by atoms with Crippen LogP contribution in [0.3, 0.4) is 0 Å². The molecule has 1 N–H and O–H groups in total. The molecule has 0 spiro atoms. The van der Waals surface area contributed by atoms with E-state index in [0.717, 1.165) is 31.6 Å². The molecule has 2 heterocycles. The van der Waals surface area contributed by atoms with Gasteiger partial charge in [0.2, 0.25) is 0 Å². The highest BCUT2D eigenvalue weighted by Crippen LogP contribution is 2.35. The molecule has 1 atom stereocenters. The van der Waals surface area contributed by atoms with Crippen LogP contribution in [0.4, 0.5) is 13.2 Å². The van der Waals surface area contributed by atoms with Crippen molar-refractivity contribution in [1.82, 2.24) is 14.5 Å². The Kier molecular flexibility index (Phi) is 4.55. The maximum Gasteiger partial charge on any atom is 0.416 e. The van der Waals surface area contributed by atoms with Crippen LogP contribution in [-0.4, -0.2) is 39.7 Å². The van der Waals surface area contributed by atoms with Gasteiger partial charge in [-0.2, -0.15) is 13.2 Å². The summed E-state index contributed by atoms with van der Waals surface area (Å²) >= 11 is 0. The molecule has 0 aliphatic carbocycles. The van der Waals surface area contributed by atoms with E-state index in [1.165, 1.54) is 17.1 Å². The first kappa shape index (κ1) is 17.5. The highest BCUT2D eigenvalue weighted by atomic mass is 19.4. The van der Waals surface area contributed by atoms with Crippen molar-refractivity contribution < 1.29 is 18.3 Å². The predicted molar refractivity (Wildman–Crippen MR) is 86.2 cm³/mol. The van der Waals surface area contributed by atoms with Gasteiger partial charge >= 0.3 is 6.18 Å². The second-order valence-corrected chi connectivity index (χ2v) is 6.41. The molecule has 8 heteroatoms. The van der Waals surface area contributed by atoms with Crippen LogP contribution < -0.4 is 5.56 Å². The summed E-state index contributed by atoms with van der Waals surface area (Å²) in [4.78, 5) is 18.8. The molecule has 1 aliphatic heterocycles. The number of hydrogen-bond donors (Lipinski definition) is 1. The quantitative estimate of drug-likeness (QED) is 0.922. The molecule has 134 valence electrons. The standard InChI is InChI=1S/C17H18F3N3O2/c1-22-5-4-11(8-22)9-23-10-21-7-14(16(23)25)13-3-2-12(6-15(13)24)17(18,19)20/h2-3,6-7,10-11,24H,4-5,8-9H2,1H3. The number of hydrogen-bond acceptors (Lipinski definition) is 4. The molecule has 0 radical (unpaired) electrons. The Labute approximate surface area is 142 Å². The highest BCUT2D eigenvalue weighted by molar-refractivity contribution is 5.69. The molecule has 0 bridgehead atoms. The summed E-state index contributed by atoms with van der Waals surface area (Å²) in [6.45, 7) is 2.33. The minimum Gasteiger partial charge on any atom is -0.507 e. The summed E-state index contributed by atoms with van der Waals surface area (Å²) < 4.78 is 39.6. The third-order valence-corrected chi connectivity index (χ3v) is 4.46.